The van der Waals surface area contributed by atoms with Crippen molar-refractivity contribution in [2.75, 3.05) is 13.6 Å². The van der Waals surface area contributed by atoms with Crippen molar-refractivity contribution in [1.29, 1.82) is 0 Å². The third-order valence-corrected chi connectivity index (χ3v) is 3.04. The minimum Gasteiger partial charge on any atom is -0.341 e. The Kier molecular flexibility index (Phi) is 2.12. The van der Waals surface area contributed by atoms with Crippen molar-refractivity contribution < 1.29 is 4.79 Å². The van der Waals surface area contributed by atoms with Gasteiger partial charge in [-0.15, -0.1) is 0 Å². The van der Waals surface area contributed by atoms with E-state index in [1.807, 2.05) is 25.2 Å². The van der Waals surface area contributed by atoms with Gasteiger partial charge in [0.05, 0.1) is 5.56 Å². The molecular formula is C10H10BrNO. The summed E-state index contributed by atoms with van der Waals surface area (Å²) in [7, 11) is 1.84. The van der Waals surface area contributed by atoms with E-state index < -0.39 is 0 Å². The van der Waals surface area contributed by atoms with Crippen LogP contribution in [0.3, 0.4) is 0 Å². The number of nitrogens with zero attached hydrogens (tertiary/aromatic N) is 1. The minimum atomic E-state index is 0.119. The molecule has 0 aromatic heterocycles. The highest BCUT2D eigenvalue weighted by Crippen LogP contribution is 2.25. The molecule has 1 heterocycles. The highest BCUT2D eigenvalue weighted by atomic mass is 79.9. The zero-order valence-corrected chi connectivity index (χ0v) is 8.97. The Labute approximate surface area is 85.7 Å². The van der Waals surface area contributed by atoms with E-state index in [4.69, 9.17) is 0 Å². The van der Waals surface area contributed by atoms with E-state index in [1.54, 1.807) is 4.90 Å². The van der Waals surface area contributed by atoms with Gasteiger partial charge in [0.2, 0.25) is 0 Å². The predicted molar refractivity (Wildman–Crippen MR) is 54.8 cm³/mol. The zero-order valence-electron chi connectivity index (χ0n) is 7.38. The average Bonchev–Trinajstić information content (AvgIpc) is 2.12. The Bertz CT molecular complexity index is 362. The Morgan fingerprint density at radius 1 is 1.46 bits per heavy atom. The summed E-state index contributed by atoms with van der Waals surface area (Å²) < 4.78 is 0.904. The van der Waals surface area contributed by atoms with Crippen molar-refractivity contribution in [3.05, 3.63) is 33.8 Å². The van der Waals surface area contributed by atoms with Crippen LogP contribution >= 0.6 is 15.9 Å². The number of halogens is 1. The smallest absolute Gasteiger partial charge is 0.255 e. The quantitative estimate of drug-likeness (QED) is 0.679. The maximum atomic E-state index is 11.7. The van der Waals surface area contributed by atoms with Gasteiger partial charge in [0.1, 0.15) is 0 Å². The molecule has 1 aromatic carbocycles. The molecule has 0 radical (unpaired) electrons. The normalized spacial score (nSPS) is 15.8. The molecule has 3 heteroatoms. The van der Waals surface area contributed by atoms with Crippen molar-refractivity contribution in [2.45, 2.75) is 6.42 Å². The lowest BCUT2D eigenvalue weighted by molar-refractivity contribution is 0.0780. The molecule has 1 aliphatic rings. The van der Waals surface area contributed by atoms with Gasteiger partial charge in [-0.05, 0) is 34.0 Å². The Hall–Kier alpha value is -0.830. The summed E-state index contributed by atoms with van der Waals surface area (Å²) in [5, 5.41) is 0. The van der Waals surface area contributed by atoms with Gasteiger partial charge in [-0.3, -0.25) is 4.79 Å². The maximum absolute atomic E-state index is 11.7. The highest BCUT2D eigenvalue weighted by molar-refractivity contribution is 9.10. The molecule has 0 N–H and O–H groups in total. The lowest BCUT2D eigenvalue weighted by Gasteiger charge is -2.25. The number of hydrogen-bond donors (Lipinski definition) is 0. The fourth-order valence-electron chi connectivity index (χ4n) is 1.60. The van der Waals surface area contributed by atoms with Gasteiger partial charge in [0, 0.05) is 18.1 Å². The van der Waals surface area contributed by atoms with Crippen LogP contribution < -0.4 is 0 Å². The van der Waals surface area contributed by atoms with Crippen molar-refractivity contribution in [1.82, 2.24) is 4.90 Å². The minimum absolute atomic E-state index is 0.119. The highest BCUT2D eigenvalue weighted by Gasteiger charge is 2.22. The number of carbonyl (C=O) groups excluding carboxylic acids is 1. The fraction of sp³-hybridized carbons (Fsp3) is 0.300. The van der Waals surface area contributed by atoms with Crippen molar-refractivity contribution in [3.8, 4) is 0 Å². The van der Waals surface area contributed by atoms with Crippen molar-refractivity contribution in [3.63, 3.8) is 0 Å². The van der Waals surface area contributed by atoms with Crippen LogP contribution in [0.2, 0.25) is 0 Å². The number of benzene rings is 1. The molecule has 68 valence electrons. The lowest BCUT2D eigenvalue weighted by Crippen LogP contribution is -2.34. The van der Waals surface area contributed by atoms with E-state index in [0.29, 0.717) is 0 Å². The maximum Gasteiger partial charge on any atom is 0.255 e. The van der Waals surface area contributed by atoms with E-state index in [9.17, 15) is 4.79 Å². The monoisotopic (exact) mass is 239 g/mol. The second-order valence-electron chi connectivity index (χ2n) is 3.25. The summed E-state index contributed by atoms with van der Waals surface area (Å²) in [5.41, 5.74) is 1.98. The molecule has 0 unspecified atom stereocenters. The van der Waals surface area contributed by atoms with Gasteiger partial charge >= 0.3 is 0 Å². The first-order chi connectivity index (χ1) is 6.20. The Balaban J connectivity index is 2.57. The molecule has 0 spiro atoms. The van der Waals surface area contributed by atoms with E-state index in [-0.39, 0.29) is 5.91 Å². The average molecular weight is 240 g/mol. The molecule has 2 rings (SSSR count). The molecule has 1 aliphatic heterocycles. The zero-order chi connectivity index (χ0) is 9.42. The van der Waals surface area contributed by atoms with E-state index >= 15 is 0 Å². The fourth-order valence-corrected chi connectivity index (χ4v) is 2.17. The third kappa shape index (κ3) is 1.37. The molecule has 0 bridgehead atoms. The van der Waals surface area contributed by atoms with E-state index in [0.717, 1.165) is 28.6 Å². The van der Waals surface area contributed by atoms with Crippen molar-refractivity contribution in [2.24, 2.45) is 0 Å². The summed E-state index contributed by atoms with van der Waals surface area (Å²) >= 11 is 3.40. The topological polar surface area (TPSA) is 20.3 Å². The first-order valence-electron chi connectivity index (χ1n) is 4.23. The van der Waals surface area contributed by atoms with Crippen molar-refractivity contribution >= 4 is 21.8 Å². The second-order valence-corrected chi connectivity index (χ2v) is 4.11. The molecule has 1 amide bonds. The summed E-state index contributed by atoms with van der Waals surface area (Å²) in [4.78, 5) is 13.5. The van der Waals surface area contributed by atoms with E-state index in [1.165, 1.54) is 0 Å². The first kappa shape index (κ1) is 8.75. The largest absolute Gasteiger partial charge is 0.341 e. The van der Waals surface area contributed by atoms with Crippen LogP contribution in [0.4, 0.5) is 0 Å². The molecule has 0 fully saturated rings. The standard InChI is InChI=1S/C10H10BrNO/c1-12-6-5-7-3-2-4-8(11)9(7)10(12)13/h2-4H,5-6H2,1H3. The Morgan fingerprint density at radius 2 is 2.23 bits per heavy atom. The summed E-state index contributed by atoms with van der Waals surface area (Å²) in [6.45, 7) is 0.822. The Morgan fingerprint density at radius 3 is 3.00 bits per heavy atom. The second kappa shape index (κ2) is 3.14. The molecule has 1 aromatic rings. The van der Waals surface area contributed by atoms with Crippen LogP contribution in [-0.4, -0.2) is 24.4 Å². The third-order valence-electron chi connectivity index (χ3n) is 2.38. The number of amides is 1. The first-order valence-corrected chi connectivity index (χ1v) is 5.02. The summed E-state index contributed by atoms with van der Waals surface area (Å²) in [6.07, 6.45) is 0.955. The molecule has 0 atom stereocenters. The molecule has 13 heavy (non-hydrogen) atoms. The SMILES string of the molecule is CN1CCc2cccc(Br)c2C1=O. The van der Waals surface area contributed by atoms with Gasteiger partial charge in [0.25, 0.3) is 5.91 Å². The number of rotatable bonds is 0. The van der Waals surface area contributed by atoms with Gasteiger partial charge in [0.15, 0.2) is 0 Å². The van der Waals surface area contributed by atoms with Gasteiger partial charge in [-0.25, -0.2) is 0 Å². The van der Waals surface area contributed by atoms with Crippen LogP contribution in [-0.2, 0) is 6.42 Å². The van der Waals surface area contributed by atoms with E-state index in [2.05, 4.69) is 15.9 Å². The van der Waals surface area contributed by atoms with Crippen LogP contribution in [0.1, 0.15) is 15.9 Å². The van der Waals surface area contributed by atoms with Crippen LogP contribution in [0.15, 0.2) is 22.7 Å². The summed E-state index contributed by atoms with van der Waals surface area (Å²) in [5.74, 6) is 0.119. The number of carbonyl (C=O) groups is 1. The van der Waals surface area contributed by atoms with Crippen LogP contribution in [0.5, 0.6) is 0 Å². The van der Waals surface area contributed by atoms with Crippen LogP contribution in [0.25, 0.3) is 0 Å². The lowest BCUT2D eigenvalue weighted by atomic mass is 10.00. The number of hydrogen-bond acceptors (Lipinski definition) is 1. The van der Waals surface area contributed by atoms with Gasteiger partial charge < -0.3 is 4.90 Å². The number of fused-ring (bicyclic) bond motifs is 1. The molecule has 0 saturated heterocycles. The van der Waals surface area contributed by atoms with Gasteiger partial charge in [-0.2, -0.15) is 0 Å². The van der Waals surface area contributed by atoms with Crippen LogP contribution in [0, 0.1) is 0 Å². The number of likely N-dealkylation sites (N-methyl/N-ethyl adjacent to an activating group) is 1. The predicted octanol–water partition coefficient (Wildman–Crippen LogP) is 2.08. The molecule has 0 aliphatic carbocycles. The van der Waals surface area contributed by atoms with Gasteiger partial charge in [-0.1, -0.05) is 12.1 Å². The summed E-state index contributed by atoms with van der Waals surface area (Å²) in [6, 6.07) is 5.91. The molecule has 2 nitrogen and oxygen atoms in total. The molecular weight excluding hydrogens is 230 g/mol. The molecule has 0 saturated carbocycles.